The minimum absolute atomic E-state index is 0.0897. The molecule has 5 aliphatic rings. The van der Waals surface area contributed by atoms with Crippen LogP contribution in [0.5, 0.6) is 0 Å². The molecule has 13 nitrogen and oxygen atoms in total. The second-order valence-electron chi connectivity index (χ2n) is 15.5. The Labute approximate surface area is 324 Å². The first-order chi connectivity index (χ1) is 26.6. The molecule has 55 heavy (non-hydrogen) atoms. The van der Waals surface area contributed by atoms with Gasteiger partial charge >= 0.3 is 0 Å². The van der Waals surface area contributed by atoms with Gasteiger partial charge in [0.15, 0.2) is 0 Å². The lowest BCUT2D eigenvalue weighted by atomic mass is 9.90. The third-order valence-electron chi connectivity index (χ3n) is 12.1. The third kappa shape index (κ3) is 7.28. The SMILES string of the molecule is CN(c1ccc(C#N)c(Cl)c1)[C@H]1CC[C@H](NC(=O)c2ccc(N3CCC(CN4Cc5cc6c(cc5C4)C(=O)N(C4CCC(=O)NC4=O)C6=O)CC3)cn2)CC1. The molecule has 1 unspecified atom stereocenters. The summed E-state index contributed by atoms with van der Waals surface area (Å²) in [5.41, 5.74) is 5.59. The summed E-state index contributed by atoms with van der Waals surface area (Å²) in [5, 5.41) is 15.1. The number of piperidine rings is 2. The molecule has 1 saturated carbocycles. The average molecular weight is 763 g/mol. The number of imide groups is 2. The number of nitrogens with one attached hydrogen (secondary N) is 2. The fraction of sp³-hybridized carbons (Fsp3) is 0.439. The second-order valence-corrected chi connectivity index (χ2v) is 15.9. The molecule has 1 aliphatic carbocycles. The van der Waals surface area contributed by atoms with Crippen LogP contribution in [0.3, 0.4) is 0 Å². The monoisotopic (exact) mass is 762 g/mol. The highest BCUT2D eigenvalue weighted by atomic mass is 35.5. The smallest absolute Gasteiger partial charge is 0.270 e. The first-order valence-corrected chi connectivity index (χ1v) is 19.5. The molecule has 14 heteroatoms. The molecule has 2 saturated heterocycles. The van der Waals surface area contributed by atoms with Crippen molar-refractivity contribution < 1.29 is 24.0 Å². The van der Waals surface area contributed by atoms with Crippen LogP contribution in [0.25, 0.3) is 0 Å². The van der Waals surface area contributed by atoms with Crippen molar-refractivity contribution >= 4 is 52.5 Å². The molecular weight excluding hydrogens is 720 g/mol. The van der Waals surface area contributed by atoms with E-state index in [-0.39, 0.29) is 30.7 Å². The van der Waals surface area contributed by atoms with Gasteiger partial charge in [-0.05, 0) is 104 Å². The highest BCUT2D eigenvalue weighted by Gasteiger charge is 2.45. The van der Waals surface area contributed by atoms with Crippen LogP contribution < -0.4 is 20.4 Å². The zero-order chi connectivity index (χ0) is 38.4. The maximum Gasteiger partial charge on any atom is 0.270 e. The fourth-order valence-electron chi connectivity index (χ4n) is 8.91. The van der Waals surface area contributed by atoms with Gasteiger partial charge in [0.2, 0.25) is 11.8 Å². The van der Waals surface area contributed by atoms with Crippen molar-refractivity contribution in [1.29, 1.82) is 5.26 Å². The number of nitrogens with zero attached hydrogens (tertiary/aromatic N) is 6. The summed E-state index contributed by atoms with van der Waals surface area (Å²) in [6, 6.07) is 14.5. The zero-order valence-electron chi connectivity index (χ0n) is 30.7. The molecule has 3 aromatic rings. The van der Waals surface area contributed by atoms with E-state index < -0.39 is 23.8 Å². The number of carbonyl (C=O) groups excluding carboxylic acids is 5. The normalized spacial score (nSPS) is 23.0. The van der Waals surface area contributed by atoms with Crippen LogP contribution in [0.2, 0.25) is 5.02 Å². The molecule has 2 N–H and O–H groups in total. The molecule has 0 bridgehead atoms. The summed E-state index contributed by atoms with van der Waals surface area (Å²) < 4.78 is 0. The van der Waals surface area contributed by atoms with E-state index >= 15 is 0 Å². The Morgan fingerprint density at radius 1 is 0.945 bits per heavy atom. The van der Waals surface area contributed by atoms with Gasteiger partial charge in [0.1, 0.15) is 17.8 Å². The number of aromatic nitrogens is 1. The van der Waals surface area contributed by atoms with Crippen LogP contribution in [0.15, 0.2) is 48.7 Å². The van der Waals surface area contributed by atoms with E-state index in [0.29, 0.717) is 52.5 Å². The Hall–Kier alpha value is -5.32. The number of rotatable bonds is 8. The summed E-state index contributed by atoms with van der Waals surface area (Å²) >= 11 is 6.26. The number of nitriles is 1. The van der Waals surface area contributed by atoms with E-state index in [1.807, 2.05) is 43.4 Å². The second kappa shape index (κ2) is 15.1. The molecule has 284 valence electrons. The number of pyridine rings is 1. The fourth-order valence-corrected chi connectivity index (χ4v) is 9.12. The Morgan fingerprint density at radius 2 is 1.64 bits per heavy atom. The minimum atomic E-state index is -0.964. The lowest BCUT2D eigenvalue weighted by Gasteiger charge is -2.36. The van der Waals surface area contributed by atoms with Crippen LogP contribution in [-0.4, -0.2) is 89.1 Å². The van der Waals surface area contributed by atoms with Crippen molar-refractivity contribution in [1.82, 2.24) is 25.4 Å². The van der Waals surface area contributed by atoms with E-state index in [1.54, 1.807) is 12.3 Å². The van der Waals surface area contributed by atoms with Crippen LogP contribution >= 0.6 is 11.6 Å². The molecule has 1 aromatic heterocycles. The highest BCUT2D eigenvalue weighted by Crippen LogP contribution is 2.35. The molecule has 4 aliphatic heterocycles. The molecule has 5 heterocycles. The predicted molar refractivity (Wildman–Crippen MR) is 204 cm³/mol. The van der Waals surface area contributed by atoms with Gasteiger partial charge in [0.05, 0.1) is 33.6 Å². The number of anilines is 2. The molecular formula is C41H43ClN8O5. The van der Waals surface area contributed by atoms with Gasteiger partial charge in [-0.25, -0.2) is 4.98 Å². The number of fused-ring (bicyclic) bond motifs is 2. The largest absolute Gasteiger partial charge is 0.372 e. The maximum atomic E-state index is 13.3. The average Bonchev–Trinajstić information content (AvgIpc) is 3.69. The summed E-state index contributed by atoms with van der Waals surface area (Å²) in [7, 11) is 2.05. The van der Waals surface area contributed by atoms with E-state index in [0.717, 1.165) is 85.6 Å². The first kappa shape index (κ1) is 36.6. The summed E-state index contributed by atoms with van der Waals surface area (Å²) in [5.74, 6) is -1.59. The number of halogens is 1. The molecule has 1 atom stereocenters. The van der Waals surface area contributed by atoms with Crippen molar-refractivity contribution in [2.75, 3.05) is 36.5 Å². The predicted octanol–water partition coefficient (Wildman–Crippen LogP) is 4.42. The van der Waals surface area contributed by atoms with Gasteiger partial charge in [-0.3, -0.25) is 39.1 Å². The first-order valence-electron chi connectivity index (χ1n) is 19.1. The quantitative estimate of drug-likeness (QED) is 0.315. The molecule has 3 fully saturated rings. The van der Waals surface area contributed by atoms with Gasteiger partial charge < -0.3 is 15.1 Å². The highest BCUT2D eigenvalue weighted by molar-refractivity contribution is 6.32. The lowest BCUT2D eigenvalue weighted by molar-refractivity contribution is -0.136. The molecule has 0 radical (unpaired) electrons. The summed E-state index contributed by atoms with van der Waals surface area (Å²) in [4.78, 5) is 76.2. The summed E-state index contributed by atoms with van der Waals surface area (Å²) in [6.07, 6.45) is 7.66. The van der Waals surface area contributed by atoms with Crippen LogP contribution in [-0.2, 0) is 22.7 Å². The van der Waals surface area contributed by atoms with E-state index in [2.05, 4.69) is 36.4 Å². The molecule has 0 spiro atoms. The Balaban J connectivity index is 0.784. The van der Waals surface area contributed by atoms with Crippen molar-refractivity contribution in [3.8, 4) is 6.07 Å². The maximum absolute atomic E-state index is 13.3. The van der Waals surface area contributed by atoms with Crippen molar-refractivity contribution in [3.63, 3.8) is 0 Å². The van der Waals surface area contributed by atoms with Crippen molar-refractivity contribution in [3.05, 3.63) is 87.2 Å². The van der Waals surface area contributed by atoms with E-state index in [4.69, 9.17) is 11.6 Å². The number of benzene rings is 2. The minimum Gasteiger partial charge on any atom is -0.372 e. The van der Waals surface area contributed by atoms with Gasteiger partial charge in [0, 0.05) is 64.0 Å². The number of hydrogen-bond donors (Lipinski definition) is 2. The van der Waals surface area contributed by atoms with Gasteiger partial charge in [-0.2, -0.15) is 5.26 Å². The topological polar surface area (TPSA) is 159 Å². The lowest BCUT2D eigenvalue weighted by Crippen LogP contribution is -2.54. The van der Waals surface area contributed by atoms with E-state index in [1.165, 1.54) is 0 Å². The Bertz CT molecular complexity index is 2060. The van der Waals surface area contributed by atoms with Gasteiger partial charge in [-0.15, -0.1) is 0 Å². The van der Waals surface area contributed by atoms with E-state index in [9.17, 15) is 29.2 Å². The van der Waals surface area contributed by atoms with Crippen molar-refractivity contribution in [2.45, 2.75) is 82.6 Å². The zero-order valence-corrected chi connectivity index (χ0v) is 31.5. The van der Waals surface area contributed by atoms with Gasteiger partial charge in [-0.1, -0.05) is 11.6 Å². The number of carbonyl (C=O) groups is 5. The molecule has 5 amide bonds. The van der Waals surface area contributed by atoms with Crippen molar-refractivity contribution in [2.24, 2.45) is 5.92 Å². The molecule has 8 rings (SSSR count). The number of amides is 5. The third-order valence-corrected chi connectivity index (χ3v) is 12.4. The number of hydrogen-bond acceptors (Lipinski definition) is 10. The Morgan fingerprint density at radius 3 is 2.24 bits per heavy atom. The van der Waals surface area contributed by atoms with Gasteiger partial charge in [0.25, 0.3) is 17.7 Å². The van der Waals surface area contributed by atoms with Crippen LogP contribution in [0.1, 0.15) is 99.3 Å². The van der Waals surface area contributed by atoms with Crippen LogP contribution in [0, 0.1) is 17.2 Å². The summed E-state index contributed by atoms with van der Waals surface area (Å²) in [6.45, 7) is 4.08. The molecule has 2 aromatic carbocycles. The standard InChI is InChI=1S/C41H43ClN8O5/c1-47(30-5-2-25(19-43)34(42)18-30)29-6-3-28(4-7-29)45-38(52)35-9-8-31(20-44-35)49-14-12-24(13-15-49)21-48-22-26-16-32-33(17-27(26)23-48)41(55)50(40(32)54)36-10-11-37(51)46-39(36)53/h2,5,8-9,16-18,20,24,28-29,36H,3-4,6-7,10-15,21-23H2,1H3,(H,45,52)(H,46,51,53)/t28-,29-,36?. The Kier molecular flexibility index (Phi) is 10.0. The van der Waals surface area contributed by atoms with Crippen LogP contribution in [0.4, 0.5) is 11.4 Å².